The van der Waals surface area contributed by atoms with Gasteiger partial charge in [-0.25, -0.2) is 9.37 Å². The molecule has 1 N–H and O–H groups in total. The molecule has 2 aromatic rings. The number of nitrogens with one attached hydrogen (secondary N) is 1. The Morgan fingerprint density at radius 1 is 1.19 bits per heavy atom. The predicted molar refractivity (Wildman–Crippen MR) is 82.2 cm³/mol. The maximum absolute atomic E-state index is 13.3. The SMILES string of the molecule is Cc1cc(CNC(C)C)cc(Oc2cc(F)ccc2C)n1. The summed E-state index contributed by atoms with van der Waals surface area (Å²) in [6.07, 6.45) is 0. The quantitative estimate of drug-likeness (QED) is 0.898. The Bertz CT molecular complexity index is 626. The number of hydrogen-bond donors (Lipinski definition) is 1. The second-order valence-corrected chi connectivity index (χ2v) is 5.50. The number of rotatable bonds is 5. The molecule has 0 aliphatic rings. The van der Waals surface area contributed by atoms with Gasteiger partial charge in [0.05, 0.1) is 0 Å². The van der Waals surface area contributed by atoms with Crippen LogP contribution in [0.5, 0.6) is 11.6 Å². The molecule has 1 aromatic heterocycles. The van der Waals surface area contributed by atoms with E-state index in [1.54, 1.807) is 6.07 Å². The molecule has 0 atom stereocenters. The van der Waals surface area contributed by atoms with Crippen molar-refractivity contribution in [3.05, 3.63) is 53.0 Å². The molecular formula is C17H21FN2O. The lowest BCUT2D eigenvalue weighted by Gasteiger charge is -2.12. The zero-order valence-corrected chi connectivity index (χ0v) is 12.9. The van der Waals surface area contributed by atoms with Crippen molar-refractivity contribution in [1.29, 1.82) is 0 Å². The van der Waals surface area contributed by atoms with E-state index in [-0.39, 0.29) is 5.82 Å². The van der Waals surface area contributed by atoms with Crippen LogP contribution in [0.1, 0.15) is 30.7 Å². The van der Waals surface area contributed by atoms with Crippen LogP contribution in [0.2, 0.25) is 0 Å². The normalized spacial score (nSPS) is 11.0. The van der Waals surface area contributed by atoms with E-state index < -0.39 is 0 Å². The number of aromatic nitrogens is 1. The van der Waals surface area contributed by atoms with Gasteiger partial charge in [-0.05, 0) is 37.1 Å². The van der Waals surface area contributed by atoms with Gasteiger partial charge in [0.15, 0.2) is 0 Å². The zero-order valence-electron chi connectivity index (χ0n) is 12.9. The molecule has 0 aliphatic carbocycles. The van der Waals surface area contributed by atoms with Crippen LogP contribution >= 0.6 is 0 Å². The summed E-state index contributed by atoms with van der Waals surface area (Å²) in [5.41, 5.74) is 2.85. The highest BCUT2D eigenvalue weighted by molar-refractivity contribution is 5.36. The first-order chi connectivity index (χ1) is 9.94. The molecule has 0 unspecified atom stereocenters. The molecule has 112 valence electrons. The second-order valence-electron chi connectivity index (χ2n) is 5.50. The summed E-state index contributed by atoms with van der Waals surface area (Å²) in [6, 6.07) is 8.80. The molecule has 0 saturated carbocycles. The molecule has 4 heteroatoms. The van der Waals surface area contributed by atoms with Crippen LogP contribution in [-0.4, -0.2) is 11.0 Å². The zero-order chi connectivity index (χ0) is 15.4. The van der Waals surface area contributed by atoms with Gasteiger partial charge in [-0.2, -0.15) is 0 Å². The van der Waals surface area contributed by atoms with Crippen LogP contribution < -0.4 is 10.1 Å². The van der Waals surface area contributed by atoms with Gasteiger partial charge in [-0.3, -0.25) is 0 Å². The Hall–Kier alpha value is -1.94. The molecule has 3 nitrogen and oxygen atoms in total. The average molecular weight is 288 g/mol. The number of halogens is 1. The van der Waals surface area contributed by atoms with E-state index >= 15 is 0 Å². The van der Waals surface area contributed by atoms with Crippen molar-refractivity contribution in [3.8, 4) is 11.6 Å². The van der Waals surface area contributed by atoms with Gasteiger partial charge in [0.2, 0.25) is 5.88 Å². The summed E-state index contributed by atoms with van der Waals surface area (Å²) in [5, 5.41) is 3.36. The summed E-state index contributed by atoms with van der Waals surface area (Å²) in [7, 11) is 0. The van der Waals surface area contributed by atoms with Crippen molar-refractivity contribution in [2.24, 2.45) is 0 Å². The maximum atomic E-state index is 13.3. The van der Waals surface area contributed by atoms with Crippen LogP contribution in [0, 0.1) is 19.7 Å². The van der Waals surface area contributed by atoms with Gasteiger partial charge in [0, 0.05) is 30.4 Å². The van der Waals surface area contributed by atoms with Crippen LogP contribution in [0.15, 0.2) is 30.3 Å². The van der Waals surface area contributed by atoms with Crippen molar-refractivity contribution in [2.45, 2.75) is 40.3 Å². The lowest BCUT2D eigenvalue weighted by molar-refractivity contribution is 0.452. The van der Waals surface area contributed by atoms with Crippen molar-refractivity contribution < 1.29 is 9.13 Å². The predicted octanol–water partition coefficient (Wildman–Crippen LogP) is 4.13. The fraction of sp³-hybridized carbons (Fsp3) is 0.353. The fourth-order valence-corrected chi connectivity index (χ4v) is 1.98. The van der Waals surface area contributed by atoms with Crippen LogP contribution in [-0.2, 0) is 6.54 Å². The molecule has 0 radical (unpaired) electrons. The monoisotopic (exact) mass is 288 g/mol. The number of nitrogens with zero attached hydrogens (tertiary/aromatic N) is 1. The number of aryl methyl sites for hydroxylation is 2. The van der Waals surface area contributed by atoms with Crippen molar-refractivity contribution >= 4 is 0 Å². The molecule has 2 rings (SSSR count). The first-order valence-electron chi connectivity index (χ1n) is 7.09. The molecule has 0 fully saturated rings. The van der Waals surface area contributed by atoms with Crippen LogP contribution in [0.4, 0.5) is 4.39 Å². The number of hydrogen-bond acceptors (Lipinski definition) is 3. The Morgan fingerprint density at radius 2 is 1.95 bits per heavy atom. The van der Waals surface area contributed by atoms with Crippen molar-refractivity contribution in [2.75, 3.05) is 0 Å². The number of pyridine rings is 1. The van der Waals surface area contributed by atoms with Gasteiger partial charge in [0.1, 0.15) is 11.6 Å². The maximum Gasteiger partial charge on any atom is 0.219 e. The Labute approximate surface area is 125 Å². The van der Waals surface area contributed by atoms with Crippen LogP contribution in [0.3, 0.4) is 0 Å². The minimum absolute atomic E-state index is 0.315. The number of ether oxygens (including phenoxy) is 1. The molecule has 0 aliphatic heterocycles. The molecule has 0 amide bonds. The first kappa shape index (κ1) is 15.4. The smallest absolute Gasteiger partial charge is 0.219 e. The highest BCUT2D eigenvalue weighted by Gasteiger charge is 2.07. The molecule has 21 heavy (non-hydrogen) atoms. The van der Waals surface area contributed by atoms with E-state index in [9.17, 15) is 4.39 Å². The highest BCUT2D eigenvalue weighted by atomic mass is 19.1. The fourth-order valence-electron chi connectivity index (χ4n) is 1.98. The van der Waals surface area contributed by atoms with E-state index in [0.717, 1.165) is 23.4 Å². The summed E-state index contributed by atoms with van der Waals surface area (Å²) >= 11 is 0. The first-order valence-corrected chi connectivity index (χ1v) is 7.09. The molecule has 1 aromatic carbocycles. The van der Waals surface area contributed by atoms with Crippen LogP contribution in [0.25, 0.3) is 0 Å². The summed E-state index contributed by atoms with van der Waals surface area (Å²) in [5.74, 6) is 0.671. The molecule has 1 heterocycles. The van der Waals surface area contributed by atoms with E-state index in [2.05, 4.69) is 24.1 Å². The second kappa shape index (κ2) is 6.68. The van der Waals surface area contributed by atoms with E-state index in [4.69, 9.17) is 4.74 Å². The summed E-state index contributed by atoms with van der Waals surface area (Å²) < 4.78 is 19.0. The minimum atomic E-state index is -0.315. The Balaban J connectivity index is 2.21. The minimum Gasteiger partial charge on any atom is -0.439 e. The van der Waals surface area contributed by atoms with Gasteiger partial charge < -0.3 is 10.1 Å². The van der Waals surface area contributed by atoms with Gasteiger partial charge in [-0.1, -0.05) is 19.9 Å². The third-order valence-electron chi connectivity index (χ3n) is 3.07. The molecule has 0 spiro atoms. The highest BCUT2D eigenvalue weighted by Crippen LogP contribution is 2.25. The largest absolute Gasteiger partial charge is 0.439 e. The lowest BCUT2D eigenvalue weighted by Crippen LogP contribution is -2.21. The van der Waals surface area contributed by atoms with Gasteiger partial charge in [0.25, 0.3) is 0 Å². The lowest BCUT2D eigenvalue weighted by atomic mass is 10.2. The molecule has 0 saturated heterocycles. The standard InChI is InChI=1S/C17H21FN2O/c1-11(2)19-10-14-7-13(4)20-17(8-14)21-16-9-15(18)6-5-12(16)3/h5-9,11,19H,10H2,1-4H3. The van der Waals surface area contributed by atoms with E-state index in [1.807, 2.05) is 26.0 Å². The topological polar surface area (TPSA) is 34.1 Å². The molecular weight excluding hydrogens is 267 g/mol. The Morgan fingerprint density at radius 3 is 2.67 bits per heavy atom. The average Bonchev–Trinajstić information content (AvgIpc) is 2.40. The van der Waals surface area contributed by atoms with Crippen molar-refractivity contribution in [1.82, 2.24) is 10.3 Å². The number of benzene rings is 1. The van der Waals surface area contributed by atoms with E-state index in [1.165, 1.54) is 12.1 Å². The summed E-state index contributed by atoms with van der Waals surface area (Å²) in [4.78, 5) is 4.35. The van der Waals surface area contributed by atoms with E-state index in [0.29, 0.717) is 17.7 Å². The Kier molecular flexibility index (Phi) is 4.91. The third kappa shape index (κ3) is 4.53. The van der Waals surface area contributed by atoms with Crippen molar-refractivity contribution in [3.63, 3.8) is 0 Å². The van der Waals surface area contributed by atoms with Gasteiger partial charge in [-0.15, -0.1) is 0 Å². The van der Waals surface area contributed by atoms with Gasteiger partial charge >= 0.3 is 0 Å². The molecule has 0 bridgehead atoms. The third-order valence-corrected chi connectivity index (χ3v) is 3.07. The summed E-state index contributed by atoms with van der Waals surface area (Å²) in [6.45, 7) is 8.75.